The molecule has 7 rings (SSSR count). The number of ether oxygens (including phenoxy) is 3. The lowest BCUT2D eigenvalue weighted by Gasteiger charge is -2.17. The Morgan fingerprint density at radius 2 is 1.18 bits per heavy atom. The molecule has 2 aliphatic rings. The highest BCUT2D eigenvalue weighted by Gasteiger charge is 2.31. The fourth-order valence-corrected chi connectivity index (χ4v) is 8.53. The summed E-state index contributed by atoms with van der Waals surface area (Å²) in [6.45, 7) is 17.4. The maximum Gasteiger partial charge on any atom is 0.343 e. The monoisotopic (exact) mass is 975 g/mol. The Bertz CT molecular complexity index is 2400. The van der Waals surface area contributed by atoms with Crippen molar-refractivity contribution >= 4 is 72.8 Å². The number of ketones is 4. The normalized spacial score (nSPS) is 13.2. The average molecular weight is 977 g/mol. The number of aryl methyl sites for hydroxylation is 5. The van der Waals surface area contributed by atoms with Crippen molar-refractivity contribution in [1.82, 2.24) is 13.7 Å². The first-order valence-electron chi connectivity index (χ1n) is 23.3. The molecule has 0 aliphatic heterocycles. The number of Topliss-reactive ketones (excluding diaryl/α,β-unsaturated/α-hetero) is 4. The standard InChI is InChI=1S/C15H19NO3.C12H17NO.C12H15NO.C10H14O3.C3H5BrO2/c1-4-11-9-12-13(16(11)5-2)7-6-8-14(12)19-10-15(17)18-3;2*1-3-9-8-10-11(13(9)4-2)6-5-7-12(10)14;1-2-7(11)6-8-9(12)4-3-5-10(8)13;1-6-3(5)2-4/h6-9H,4-5,10H2,1-3H3;8H,3-7H2,1-2H3;5-8,14H,3-4H2,1-2H3;8H,2-6H2,1H3;2H2,1H3. The van der Waals surface area contributed by atoms with Crippen molar-refractivity contribution in [2.45, 2.75) is 139 Å². The number of fused-ring (bicyclic) bond motifs is 3. The third kappa shape index (κ3) is 14.5. The predicted octanol–water partition coefficient (Wildman–Crippen LogP) is 10.1. The van der Waals surface area contributed by atoms with Crippen LogP contribution >= 0.6 is 15.9 Å². The van der Waals surface area contributed by atoms with E-state index < -0.39 is 5.92 Å². The van der Waals surface area contributed by atoms with E-state index >= 15 is 0 Å². The van der Waals surface area contributed by atoms with E-state index in [1.165, 1.54) is 37.0 Å². The molecule has 0 amide bonds. The van der Waals surface area contributed by atoms with E-state index in [0.29, 0.717) is 37.2 Å². The number of aromatic hydroxyl groups is 1. The second-order valence-electron chi connectivity index (χ2n) is 15.7. The van der Waals surface area contributed by atoms with Gasteiger partial charge in [0.15, 0.2) is 12.4 Å². The largest absolute Gasteiger partial charge is 0.507 e. The summed E-state index contributed by atoms with van der Waals surface area (Å²) in [5.74, 6) is 0.144. The van der Waals surface area contributed by atoms with Gasteiger partial charge in [0, 0.05) is 90.8 Å². The first kappa shape index (κ1) is 54.8. The van der Waals surface area contributed by atoms with Crippen LogP contribution in [0.15, 0.2) is 54.6 Å². The van der Waals surface area contributed by atoms with Gasteiger partial charge < -0.3 is 33.0 Å². The van der Waals surface area contributed by atoms with E-state index in [1.54, 1.807) is 13.0 Å². The van der Waals surface area contributed by atoms with Crippen molar-refractivity contribution in [2.75, 3.05) is 26.2 Å². The first-order chi connectivity index (χ1) is 31.7. The summed E-state index contributed by atoms with van der Waals surface area (Å²) >= 11 is 2.90. The number of phenolic OH excluding ortho intramolecular Hbond substituents is 1. The summed E-state index contributed by atoms with van der Waals surface area (Å²) in [6, 6.07) is 17.9. The van der Waals surface area contributed by atoms with E-state index in [-0.39, 0.29) is 47.6 Å². The van der Waals surface area contributed by atoms with Crippen molar-refractivity contribution in [3.8, 4) is 11.5 Å². The Balaban J connectivity index is 0.000000226. The topological polar surface area (TPSA) is 165 Å². The van der Waals surface area contributed by atoms with Gasteiger partial charge in [0.05, 0.1) is 31.2 Å². The Kier molecular flexibility index (Phi) is 23.1. The number of esters is 2. The van der Waals surface area contributed by atoms with Crippen molar-refractivity contribution in [1.29, 1.82) is 0 Å². The maximum atomic E-state index is 11.7. The Labute approximate surface area is 398 Å². The van der Waals surface area contributed by atoms with Crippen LogP contribution in [0.2, 0.25) is 0 Å². The molecular weight excluding hydrogens is 906 g/mol. The van der Waals surface area contributed by atoms with Crippen LogP contribution in [0.1, 0.15) is 127 Å². The van der Waals surface area contributed by atoms with E-state index in [4.69, 9.17) is 4.74 Å². The van der Waals surface area contributed by atoms with Crippen LogP contribution in [0.4, 0.5) is 0 Å². The zero-order valence-electron chi connectivity index (χ0n) is 40.4. The molecule has 2 aliphatic carbocycles. The molecule has 1 N–H and O–H groups in total. The molecule has 1 saturated carbocycles. The maximum absolute atomic E-state index is 11.7. The van der Waals surface area contributed by atoms with E-state index in [1.807, 2.05) is 18.2 Å². The fraction of sp³-hybridized carbons (Fsp3) is 0.500. The Morgan fingerprint density at radius 3 is 1.68 bits per heavy atom. The highest BCUT2D eigenvalue weighted by Crippen LogP contribution is 2.30. The number of rotatable bonds is 13. The number of methoxy groups -OCH3 is 2. The molecular formula is C52H70BrN3O10. The van der Waals surface area contributed by atoms with Crippen molar-refractivity contribution in [3.05, 3.63) is 82.9 Å². The van der Waals surface area contributed by atoms with Crippen LogP contribution in [0.3, 0.4) is 0 Å². The molecule has 0 saturated heterocycles. The molecule has 0 radical (unpaired) electrons. The number of aromatic nitrogens is 3. The molecule has 0 bridgehead atoms. The number of hydrogen-bond donors (Lipinski definition) is 1. The molecule has 5 aromatic rings. The minimum Gasteiger partial charge on any atom is -0.507 e. The van der Waals surface area contributed by atoms with Gasteiger partial charge in [0.1, 0.15) is 34.2 Å². The number of benzene rings is 2. The molecule has 0 spiro atoms. The number of phenols is 1. The lowest BCUT2D eigenvalue weighted by atomic mass is 9.83. The second kappa shape index (κ2) is 27.9. The summed E-state index contributed by atoms with van der Waals surface area (Å²) in [5.41, 5.74) is 8.41. The van der Waals surface area contributed by atoms with Crippen LogP contribution in [0.5, 0.6) is 11.5 Å². The van der Waals surface area contributed by atoms with Crippen LogP contribution in [-0.2, 0) is 78.8 Å². The number of halogens is 1. The fourth-order valence-electron chi connectivity index (χ4n) is 8.30. The second-order valence-corrected chi connectivity index (χ2v) is 16.3. The summed E-state index contributed by atoms with van der Waals surface area (Å²) in [5, 5.41) is 12.0. The molecule has 14 heteroatoms. The summed E-state index contributed by atoms with van der Waals surface area (Å²) in [4.78, 5) is 66.4. The molecule has 3 heterocycles. The Hall–Kier alpha value is -5.50. The smallest absolute Gasteiger partial charge is 0.343 e. The third-order valence-electron chi connectivity index (χ3n) is 11.8. The minimum absolute atomic E-state index is 0.00796. The van der Waals surface area contributed by atoms with Crippen LogP contribution in [-0.4, -0.2) is 80.0 Å². The lowest BCUT2D eigenvalue weighted by molar-refractivity contribution is -0.143. The van der Waals surface area contributed by atoms with E-state index in [2.05, 4.69) is 111 Å². The van der Waals surface area contributed by atoms with Crippen molar-refractivity contribution in [3.63, 3.8) is 0 Å². The van der Waals surface area contributed by atoms with Gasteiger partial charge in [-0.3, -0.25) is 24.0 Å². The van der Waals surface area contributed by atoms with Gasteiger partial charge in [0.2, 0.25) is 0 Å². The zero-order valence-corrected chi connectivity index (χ0v) is 42.0. The van der Waals surface area contributed by atoms with Gasteiger partial charge in [-0.2, -0.15) is 0 Å². The molecule has 66 heavy (non-hydrogen) atoms. The molecule has 3 aromatic heterocycles. The molecule has 0 unspecified atom stereocenters. The molecule has 1 fully saturated rings. The van der Waals surface area contributed by atoms with Crippen LogP contribution in [0.25, 0.3) is 21.8 Å². The number of carbonyl (C=O) groups excluding carboxylic acids is 6. The zero-order chi connectivity index (χ0) is 48.9. The predicted molar refractivity (Wildman–Crippen MR) is 263 cm³/mol. The third-order valence-corrected chi connectivity index (χ3v) is 12.3. The van der Waals surface area contributed by atoms with Gasteiger partial charge in [-0.15, -0.1) is 0 Å². The lowest BCUT2D eigenvalue weighted by Crippen LogP contribution is -2.30. The molecule has 0 atom stereocenters. The van der Waals surface area contributed by atoms with Gasteiger partial charge in [-0.1, -0.05) is 55.8 Å². The number of alkyl halides is 1. The quantitative estimate of drug-likeness (QED) is 0.0682. The van der Waals surface area contributed by atoms with Crippen LogP contribution in [0, 0.1) is 5.92 Å². The summed E-state index contributed by atoms with van der Waals surface area (Å²) in [6.07, 6.45) is 7.98. The van der Waals surface area contributed by atoms with Gasteiger partial charge >= 0.3 is 11.9 Å². The average Bonchev–Trinajstić information content (AvgIpc) is 4.04. The SMILES string of the molecule is CCC(=O)CC1C(=O)CCCC1=O.CCc1cc2c(O)cccc2n1CC.CCc1cc2c(OCC(=O)OC)cccc2n1CC.CCc1cc2c(n1CC)CCCC2=O.COC(=O)CBr. The molecule has 2 aromatic carbocycles. The highest BCUT2D eigenvalue weighted by atomic mass is 79.9. The van der Waals surface area contributed by atoms with Gasteiger partial charge in [-0.05, 0) is 102 Å². The summed E-state index contributed by atoms with van der Waals surface area (Å²) < 4.78 is 21.2. The number of nitrogens with zero attached hydrogens (tertiary/aromatic N) is 3. The molecule has 13 nitrogen and oxygen atoms in total. The van der Waals surface area contributed by atoms with E-state index in [0.717, 1.165) is 91.3 Å². The van der Waals surface area contributed by atoms with E-state index in [9.17, 15) is 33.9 Å². The minimum atomic E-state index is -0.610. The summed E-state index contributed by atoms with van der Waals surface area (Å²) in [7, 11) is 2.71. The first-order valence-corrected chi connectivity index (χ1v) is 24.4. The van der Waals surface area contributed by atoms with Crippen molar-refractivity contribution in [2.24, 2.45) is 5.92 Å². The van der Waals surface area contributed by atoms with Gasteiger partial charge in [0.25, 0.3) is 0 Å². The molecule has 360 valence electrons. The number of carbonyl (C=O) groups is 6. The Morgan fingerprint density at radius 1 is 0.667 bits per heavy atom. The van der Waals surface area contributed by atoms with Crippen LogP contribution < -0.4 is 4.74 Å². The van der Waals surface area contributed by atoms with Gasteiger partial charge in [-0.25, -0.2) is 4.79 Å². The van der Waals surface area contributed by atoms with Crippen molar-refractivity contribution < 1.29 is 48.1 Å². The number of hydrogen-bond acceptors (Lipinski definition) is 10. The highest BCUT2D eigenvalue weighted by molar-refractivity contribution is 9.09.